The minimum absolute atomic E-state index is 0.0322. The number of hydrogen-bond donors (Lipinski definition) is 1. The smallest absolute Gasteiger partial charge is 0.462 e. The van der Waals surface area contributed by atoms with Gasteiger partial charge in [-0.1, -0.05) is 179 Å². The van der Waals surface area contributed by atoms with Gasteiger partial charge in [-0.15, -0.1) is 0 Å². The van der Waals surface area contributed by atoms with Gasteiger partial charge in [0, 0.05) is 12.8 Å². The van der Waals surface area contributed by atoms with Crippen molar-refractivity contribution in [2.24, 2.45) is 0 Å². The van der Waals surface area contributed by atoms with Crippen LogP contribution in [0.2, 0.25) is 0 Å². The monoisotopic (exact) mass is 871 g/mol. The average molecular weight is 871 g/mol. The van der Waals surface area contributed by atoms with E-state index in [9.17, 15) is 19.0 Å². The second kappa shape index (κ2) is 42.8. The Morgan fingerprint density at radius 2 is 0.850 bits per heavy atom. The van der Waals surface area contributed by atoms with E-state index in [1.54, 1.807) is 0 Å². The third-order valence-electron chi connectivity index (χ3n) is 11.0. The molecule has 9 nitrogen and oxygen atoms in total. The van der Waals surface area contributed by atoms with Crippen LogP contribution in [0.4, 0.5) is 0 Å². The van der Waals surface area contributed by atoms with Crippen molar-refractivity contribution >= 4 is 19.8 Å². The molecule has 1 unspecified atom stereocenters. The fourth-order valence-corrected chi connectivity index (χ4v) is 7.75. The van der Waals surface area contributed by atoms with Gasteiger partial charge in [-0.2, -0.15) is 0 Å². The molecule has 0 heterocycles. The number of phosphoric acid groups is 1. The highest BCUT2D eigenvalue weighted by Gasteiger charge is 2.27. The molecule has 354 valence electrons. The molecule has 0 spiro atoms. The summed E-state index contributed by atoms with van der Waals surface area (Å²) in [5.74, 6) is -0.797. The highest BCUT2D eigenvalue weighted by molar-refractivity contribution is 7.47. The number of esters is 2. The molecule has 10 heteroatoms. The first-order valence-electron chi connectivity index (χ1n) is 25.1. The van der Waals surface area contributed by atoms with Gasteiger partial charge in [0.2, 0.25) is 0 Å². The summed E-state index contributed by atoms with van der Waals surface area (Å²) in [5, 5.41) is 0. The van der Waals surface area contributed by atoms with Crippen molar-refractivity contribution in [3.05, 3.63) is 24.3 Å². The number of rotatable bonds is 46. The third-order valence-corrected chi connectivity index (χ3v) is 11.9. The molecule has 1 N–H and O–H groups in total. The topological polar surface area (TPSA) is 108 Å². The van der Waals surface area contributed by atoms with Gasteiger partial charge >= 0.3 is 19.8 Å². The Morgan fingerprint density at radius 3 is 1.23 bits per heavy atom. The molecule has 0 radical (unpaired) electrons. The summed E-state index contributed by atoms with van der Waals surface area (Å²) < 4.78 is 34.4. The van der Waals surface area contributed by atoms with Gasteiger partial charge < -0.3 is 18.9 Å². The van der Waals surface area contributed by atoms with Gasteiger partial charge in [0.05, 0.1) is 27.7 Å². The molecule has 0 rings (SSSR count). The van der Waals surface area contributed by atoms with Crippen LogP contribution in [0.25, 0.3) is 0 Å². The Hall–Kier alpha value is -1.51. The lowest BCUT2D eigenvalue weighted by molar-refractivity contribution is -0.870. The molecule has 0 aromatic carbocycles. The minimum Gasteiger partial charge on any atom is -0.462 e. The van der Waals surface area contributed by atoms with Gasteiger partial charge in [-0.3, -0.25) is 18.6 Å². The lowest BCUT2D eigenvalue weighted by atomic mass is 10.1. The van der Waals surface area contributed by atoms with Crippen LogP contribution in [0.5, 0.6) is 0 Å². The molecule has 60 heavy (non-hydrogen) atoms. The number of quaternary nitrogens is 1. The lowest BCUT2D eigenvalue weighted by Crippen LogP contribution is -2.37. The van der Waals surface area contributed by atoms with Crippen LogP contribution in [-0.4, -0.2) is 74.9 Å². The van der Waals surface area contributed by atoms with E-state index in [1.165, 1.54) is 161 Å². The fourth-order valence-electron chi connectivity index (χ4n) is 7.00. The van der Waals surface area contributed by atoms with E-state index in [1.807, 2.05) is 21.1 Å². The van der Waals surface area contributed by atoms with Crippen molar-refractivity contribution in [2.75, 3.05) is 47.5 Å². The van der Waals surface area contributed by atoms with E-state index >= 15 is 0 Å². The van der Waals surface area contributed by atoms with Crippen molar-refractivity contribution in [2.45, 2.75) is 238 Å². The molecular weight excluding hydrogens is 774 g/mol. The summed E-state index contributed by atoms with van der Waals surface area (Å²) in [6, 6.07) is 0. The predicted octanol–water partition coefficient (Wildman–Crippen LogP) is 14.7. The summed E-state index contributed by atoms with van der Waals surface area (Å²) >= 11 is 0. The third kappa shape index (κ3) is 46.0. The zero-order chi connectivity index (χ0) is 44.3. The summed E-state index contributed by atoms with van der Waals surface area (Å²) in [6.07, 6.45) is 47.9. The number of nitrogens with zero attached hydrogens (tertiary/aromatic N) is 1. The van der Waals surface area contributed by atoms with Crippen LogP contribution in [0.1, 0.15) is 232 Å². The number of likely N-dealkylation sites (N-methyl/N-ethyl adjacent to an activating group) is 1. The van der Waals surface area contributed by atoms with E-state index in [0.29, 0.717) is 17.4 Å². The number of unbranched alkanes of at least 4 members (excludes halogenated alkanes) is 28. The summed E-state index contributed by atoms with van der Waals surface area (Å²) in [5.41, 5.74) is 0. The molecule has 0 amide bonds. The molecule has 0 aromatic rings. The fraction of sp³-hybridized carbons (Fsp3) is 0.880. The van der Waals surface area contributed by atoms with Gasteiger partial charge in [-0.05, 0) is 64.2 Å². The Kier molecular flexibility index (Phi) is 41.7. The first-order chi connectivity index (χ1) is 29.0. The molecule has 2 atom stereocenters. The van der Waals surface area contributed by atoms with Crippen LogP contribution in [0.15, 0.2) is 24.3 Å². The van der Waals surface area contributed by atoms with Crippen molar-refractivity contribution in [1.29, 1.82) is 0 Å². The van der Waals surface area contributed by atoms with Crippen LogP contribution >= 0.6 is 7.82 Å². The van der Waals surface area contributed by atoms with Crippen molar-refractivity contribution in [3.8, 4) is 0 Å². The molecule has 0 fully saturated rings. The molecule has 0 saturated carbocycles. The zero-order valence-corrected chi connectivity index (χ0v) is 40.9. The van der Waals surface area contributed by atoms with Crippen LogP contribution < -0.4 is 0 Å². The molecule has 0 saturated heterocycles. The molecule has 0 aliphatic carbocycles. The highest BCUT2D eigenvalue weighted by atomic mass is 31.2. The summed E-state index contributed by atoms with van der Waals surface area (Å²) in [6.45, 7) is 4.44. The Balaban J connectivity index is 4.27. The first-order valence-corrected chi connectivity index (χ1v) is 26.6. The van der Waals surface area contributed by atoms with Gasteiger partial charge in [0.25, 0.3) is 0 Å². The Bertz CT molecular complexity index is 1070. The summed E-state index contributed by atoms with van der Waals surface area (Å²) in [4.78, 5) is 35.5. The summed E-state index contributed by atoms with van der Waals surface area (Å²) in [7, 11) is 1.48. The van der Waals surface area contributed by atoms with Crippen molar-refractivity contribution in [1.82, 2.24) is 0 Å². The second-order valence-electron chi connectivity index (χ2n) is 18.2. The maximum atomic E-state index is 12.7. The van der Waals surface area contributed by atoms with Gasteiger partial charge in [-0.25, -0.2) is 4.57 Å². The van der Waals surface area contributed by atoms with Gasteiger partial charge in [0.15, 0.2) is 6.10 Å². The predicted molar refractivity (Wildman–Crippen MR) is 252 cm³/mol. The number of hydrogen-bond acceptors (Lipinski definition) is 7. The minimum atomic E-state index is -4.38. The van der Waals surface area contributed by atoms with E-state index in [4.69, 9.17) is 18.5 Å². The van der Waals surface area contributed by atoms with Crippen LogP contribution in [0.3, 0.4) is 0 Å². The Labute approximate surface area is 370 Å². The largest absolute Gasteiger partial charge is 0.472 e. The quantitative estimate of drug-likeness (QED) is 0.0212. The highest BCUT2D eigenvalue weighted by Crippen LogP contribution is 2.43. The maximum absolute atomic E-state index is 12.7. The molecular formula is C50H97NO8P+. The van der Waals surface area contributed by atoms with Crippen molar-refractivity contribution in [3.63, 3.8) is 0 Å². The first kappa shape index (κ1) is 58.5. The van der Waals surface area contributed by atoms with Crippen molar-refractivity contribution < 1.29 is 42.1 Å². The average Bonchev–Trinajstić information content (AvgIpc) is 3.20. The maximum Gasteiger partial charge on any atom is 0.472 e. The molecule has 0 aromatic heterocycles. The van der Waals surface area contributed by atoms with Crippen LogP contribution in [0, 0.1) is 0 Å². The lowest BCUT2D eigenvalue weighted by Gasteiger charge is -2.24. The molecule has 0 aliphatic heterocycles. The number of carbonyl (C=O) groups is 2. The van der Waals surface area contributed by atoms with Crippen LogP contribution in [-0.2, 0) is 32.7 Å². The van der Waals surface area contributed by atoms with E-state index < -0.39 is 26.5 Å². The SMILES string of the molecule is CCCCCCCC/C=C\CCCCCCCCCCCC(=O)O[C@H](COC(=O)CCCCCCCCC/C=C\CCCCCCCC)COP(=O)(O)OCC[N+](C)(C)C. The molecule has 0 aliphatic rings. The van der Waals surface area contributed by atoms with E-state index in [0.717, 1.165) is 38.5 Å². The second-order valence-corrected chi connectivity index (χ2v) is 19.6. The standard InChI is InChI=1S/C50H96NO8P/c1-6-8-10-12-14-16-18-20-22-24-25-27-29-31-33-35-37-39-41-43-50(53)59-48(47-58-60(54,55)57-45-44-51(3,4)5)46-56-49(52)42-40-38-36-34-32-30-28-26-23-21-19-17-15-13-11-9-7-2/h20-23,48H,6-19,24-47H2,1-5H3/p+1/b22-20-,23-21-/t48-/m1/s1. The van der Waals surface area contributed by atoms with E-state index in [-0.39, 0.29) is 32.0 Å². The van der Waals surface area contributed by atoms with E-state index in [2.05, 4.69) is 38.2 Å². The number of carbonyl (C=O) groups excluding carboxylic acids is 2. The Morgan fingerprint density at radius 1 is 0.500 bits per heavy atom. The number of allylic oxidation sites excluding steroid dienone is 4. The number of phosphoric ester groups is 1. The normalized spacial score (nSPS) is 13.6. The van der Waals surface area contributed by atoms with Gasteiger partial charge in [0.1, 0.15) is 19.8 Å². The zero-order valence-electron chi connectivity index (χ0n) is 40.0. The molecule has 0 bridgehead atoms. The number of ether oxygens (including phenoxy) is 2.